The van der Waals surface area contributed by atoms with Crippen molar-refractivity contribution in [2.75, 3.05) is 27.8 Å². The number of rotatable bonds is 4. The first-order valence-corrected chi connectivity index (χ1v) is 10.1. The largest absolute Gasteiger partial charge is 0.493 e. The number of ether oxygens (including phenoxy) is 2. The Bertz CT molecular complexity index is 1160. The zero-order chi connectivity index (χ0) is 22.7. The Labute approximate surface area is 186 Å². The zero-order valence-electron chi connectivity index (χ0n) is 18.1. The molecule has 8 nitrogen and oxygen atoms in total. The molecule has 32 heavy (non-hydrogen) atoms. The molecule has 3 aromatic rings. The van der Waals surface area contributed by atoms with E-state index >= 15 is 0 Å². The van der Waals surface area contributed by atoms with Crippen LogP contribution in [0.25, 0.3) is 11.1 Å². The molecule has 0 fully saturated rings. The third kappa shape index (κ3) is 4.07. The summed E-state index contributed by atoms with van der Waals surface area (Å²) in [7, 11) is 4.78. The van der Waals surface area contributed by atoms with E-state index in [4.69, 9.17) is 14.6 Å². The first kappa shape index (κ1) is 21.2. The molecule has 2 N–H and O–H groups in total. The molecule has 2 amide bonds. The summed E-state index contributed by atoms with van der Waals surface area (Å²) in [5, 5.41) is 18.2. The monoisotopic (exact) mass is 432 g/mol. The summed E-state index contributed by atoms with van der Waals surface area (Å²) >= 11 is 0. The van der Waals surface area contributed by atoms with E-state index in [1.807, 2.05) is 36.4 Å². The van der Waals surface area contributed by atoms with Gasteiger partial charge in [-0.05, 0) is 35.7 Å². The van der Waals surface area contributed by atoms with E-state index in [1.165, 1.54) is 5.01 Å². The number of hydrogen-bond donors (Lipinski definition) is 2. The number of nitrogens with zero attached hydrogens (tertiary/aromatic N) is 3. The van der Waals surface area contributed by atoms with E-state index in [1.54, 1.807) is 39.6 Å². The van der Waals surface area contributed by atoms with Gasteiger partial charge in [0.05, 0.1) is 26.5 Å². The van der Waals surface area contributed by atoms with E-state index in [-0.39, 0.29) is 11.9 Å². The van der Waals surface area contributed by atoms with Gasteiger partial charge in [0.2, 0.25) is 5.88 Å². The molecular weight excluding hydrogens is 408 g/mol. The zero-order valence-corrected chi connectivity index (χ0v) is 18.1. The highest BCUT2D eigenvalue weighted by Crippen LogP contribution is 2.34. The topological polar surface area (TPSA) is 96.3 Å². The third-order valence-corrected chi connectivity index (χ3v) is 5.37. The van der Waals surface area contributed by atoms with Crippen LogP contribution in [0, 0.1) is 0 Å². The van der Waals surface area contributed by atoms with Gasteiger partial charge in [0.1, 0.15) is 0 Å². The van der Waals surface area contributed by atoms with Gasteiger partial charge in [0, 0.05) is 36.0 Å². The van der Waals surface area contributed by atoms with Gasteiger partial charge in [0.15, 0.2) is 11.5 Å². The summed E-state index contributed by atoms with van der Waals surface area (Å²) in [6, 6.07) is 14.7. The molecule has 8 heteroatoms. The molecular formula is C24H24N4O4. The molecule has 4 rings (SSSR count). The fraction of sp³-hybridized carbons (Fsp3) is 0.208. The smallest absolute Gasteiger partial charge is 0.337 e. The van der Waals surface area contributed by atoms with Gasteiger partial charge in [-0.2, -0.15) is 5.10 Å². The van der Waals surface area contributed by atoms with Crippen molar-refractivity contribution in [1.29, 1.82) is 0 Å². The highest BCUT2D eigenvalue weighted by molar-refractivity contribution is 6.14. The number of pyridine rings is 1. The van der Waals surface area contributed by atoms with Gasteiger partial charge in [0.25, 0.3) is 0 Å². The minimum absolute atomic E-state index is 0.0199. The lowest BCUT2D eigenvalue weighted by molar-refractivity contribution is 0.203. The fourth-order valence-corrected chi connectivity index (χ4v) is 3.67. The van der Waals surface area contributed by atoms with Crippen LogP contribution in [-0.4, -0.2) is 54.7 Å². The van der Waals surface area contributed by atoms with Crippen molar-refractivity contribution < 1.29 is 19.4 Å². The minimum Gasteiger partial charge on any atom is -0.493 e. The van der Waals surface area contributed by atoms with Crippen LogP contribution in [0.4, 0.5) is 4.79 Å². The number of amides is 2. The average molecular weight is 432 g/mol. The van der Waals surface area contributed by atoms with Crippen molar-refractivity contribution in [3.05, 3.63) is 71.4 Å². The third-order valence-electron chi connectivity index (χ3n) is 5.37. The summed E-state index contributed by atoms with van der Waals surface area (Å²) in [6.07, 6.45) is 2.24. The van der Waals surface area contributed by atoms with Gasteiger partial charge >= 0.3 is 6.03 Å². The number of carbonyl (C=O) groups excluding carboxylic acids is 1. The lowest BCUT2D eigenvalue weighted by Crippen LogP contribution is -2.35. The number of carbonyl (C=O) groups is 1. The van der Waals surface area contributed by atoms with Crippen LogP contribution in [0.5, 0.6) is 17.4 Å². The van der Waals surface area contributed by atoms with Gasteiger partial charge in [-0.1, -0.05) is 24.3 Å². The second kappa shape index (κ2) is 8.97. The summed E-state index contributed by atoms with van der Waals surface area (Å²) in [6.45, 7) is 0.433. The lowest BCUT2D eigenvalue weighted by atomic mass is 9.94. The Hall–Kier alpha value is -4.07. The molecule has 0 bridgehead atoms. The van der Waals surface area contributed by atoms with Gasteiger partial charge in [-0.3, -0.25) is 0 Å². The molecule has 0 radical (unpaired) electrons. The van der Waals surface area contributed by atoms with Crippen molar-refractivity contribution >= 4 is 11.7 Å². The van der Waals surface area contributed by atoms with Crippen LogP contribution in [0.2, 0.25) is 0 Å². The van der Waals surface area contributed by atoms with Gasteiger partial charge < -0.3 is 19.9 Å². The SMILES string of the molecule is CNC(=O)N1CCc2cc(OC)c(OC)cc2C(c2ccc(-c3ccc(O)nc3)cc2)=N1. The van der Waals surface area contributed by atoms with Crippen molar-refractivity contribution in [2.24, 2.45) is 5.10 Å². The quantitative estimate of drug-likeness (QED) is 0.659. The van der Waals surface area contributed by atoms with Gasteiger partial charge in [-0.25, -0.2) is 14.8 Å². The molecule has 164 valence electrons. The van der Waals surface area contributed by atoms with E-state index < -0.39 is 0 Å². The van der Waals surface area contributed by atoms with E-state index in [9.17, 15) is 9.90 Å². The summed E-state index contributed by atoms with van der Waals surface area (Å²) in [5.74, 6) is 1.21. The van der Waals surface area contributed by atoms with Crippen molar-refractivity contribution in [3.63, 3.8) is 0 Å². The normalized spacial score (nSPS) is 13.0. The molecule has 0 saturated heterocycles. The van der Waals surface area contributed by atoms with E-state index in [2.05, 4.69) is 10.3 Å². The number of benzene rings is 2. The van der Waals surface area contributed by atoms with Crippen LogP contribution in [0.3, 0.4) is 0 Å². The number of aromatic hydroxyl groups is 1. The van der Waals surface area contributed by atoms with Crippen molar-refractivity contribution in [1.82, 2.24) is 15.3 Å². The number of nitrogens with one attached hydrogen (secondary N) is 1. The number of hydrogen-bond acceptors (Lipinski definition) is 6. The number of fused-ring (bicyclic) bond motifs is 1. The van der Waals surface area contributed by atoms with Crippen LogP contribution < -0.4 is 14.8 Å². The van der Waals surface area contributed by atoms with Crippen molar-refractivity contribution in [2.45, 2.75) is 6.42 Å². The van der Waals surface area contributed by atoms with Crippen molar-refractivity contribution in [3.8, 4) is 28.5 Å². The molecule has 0 aliphatic carbocycles. The second-order valence-corrected chi connectivity index (χ2v) is 7.22. The number of methoxy groups -OCH3 is 2. The van der Waals surface area contributed by atoms with Crippen LogP contribution in [0.15, 0.2) is 59.8 Å². The lowest BCUT2D eigenvalue weighted by Gasteiger charge is -2.16. The first-order valence-electron chi connectivity index (χ1n) is 10.1. The van der Waals surface area contributed by atoms with Crippen LogP contribution in [-0.2, 0) is 6.42 Å². The maximum atomic E-state index is 12.4. The Morgan fingerprint density at radius 3 is 2.28 bits per heavy atom. The minimum atomic E-state index is -0.277. The Morgan fingerprint density at radius 2 is 1.66 bits per heavy atom. The first-order chi connectivity index (χ1) is 15.5. The number of urea groups is 1. The highest BCUT2D eigenvalue weighted by atomic mass is 16.5. The highest BCUT2D eigenvalue weighted by Gasteiger charge is 2.24. The molecule has 1 aliphatic heterocycles. The summed E-state index contributed by atoms with van der Waals surface area (Å²) in [4.78, 5) is 16.3. The Morgan fingerprint density at radius 1 is 1.00 bits per heavy atom. The fourth-order valence-electron chi connectivity index (χ4n) is 3.67. The molecule has 2 heterocycles. The molecule has 0 atom stereocenters. The van der Waals surface area contributed by atoms with Crippen LogP contribution in [0.1, 0.15) is 16.7 Å². The molecule has 0 spiro atoms. The maximum Gasteiger partial charge on any atom is 0.337 e. The standard InChI is InChI=1S/C24H24N4O4/c1-25-24(30)28-11-10-17-12-20(31-2)21(32-3)13-19(17)23(27-28)16-6-4-15(5-7-16)18-8-9-22(29)26-14-18/h4-9,12-14H,10-11H2,1-3H3,(H,25,30)(H,26,29). The van der Waals surface area contributed by atoms with E-state index in [0.29, 0.717) is 30.2 Å². The molecule has 1 aliphatic rings. The van der Waals surface area contributed by atoms with Crippen LogP contribution >= 0.6 is 0 Å². The molecule has 0 saturated carbocycles. The van der Waals surface area contributed by atoms with Gasteiger partial charge in [-0.15, -0.1) is 0 Å². The Kier molecular flexibility index (Phi) is 5.93. The summed E-state index contributed by atoms with van der Waals surface area (Å²) in [5.41, 5.74) is 5.25. The Balaban J connectivity index is 1.81. The maximum absolute atomic E-state index is 12.4. The summed E-state index contributed by atoms with van der Waals surface area (Å²) < 4.78 is 11.0. The molecule has 0 unspecified atom stereocenters. The predicted molar refractivity (Wildman–Crippen MR) is 121 cm³/mol. The van der Waals surface area contributed by atoms with E-state index in [0.717, 1.165) is 27.8 Å². The average Bonchev–Trinajstić information content (AvgIpc) is 3.02. The molecule has 1 aromatic heterocycles. The molecule has 2 aromatic carbocycles. The number of hydrazone groups is 1. The second-order valence-electron chi connectivity index (χ2n) is 7.22. The number of aromatic nitrogens is 1. The predicted octanol–water partition coefficient (Wildman–Crippen LogP) is 3.42.